The first-order valence-electron chi connectivity index (χ1n) is 6.41. The number of nitrogens with zero attached hydrogens (tertiary/aromatic N) is 1. The molecule has 1 unspecified atom stereocenters. The molecule has 0 bridgehead atoms. The number of alkyl halides is 3. The Morgan fingerprint density at radius 3 is 2.36 bits per heavy atom. The lowest BCUT2D eigenvalue weighted by Crippen LogP contribution is -2.16. The summed E-state index contributed by atoms with van der Waals surface area (Å²) < 4.78 is 37.7. The van der Waals surface area contributed by atoms with E-state index in [1.54, 1.807) is 18.3 Å². The van der Waals surface area contributed by atoms with Crippen LogP contribution in [0.5, 0.6) is 0 Å². The quantitative estimate of drug-likeness (QED) is 0.850. The van der Waals surface area contributed by atoms with Crippen molar-refractivity contribution in [3.05, 3.63) is 77.6 Å². The Morgan fingerprint density at radius 1 is 1.18 bits per heavy atom. The highest BCUT2D eigenvalue weighted by Gasteiger charge is 2.30. The Balaban J connectivity index is 0.00000242. The zero-order valence-corrected chi connectivity index (χ0v) is 12.5. The second-order valence-corrected chi connectivity index (χ2v) is 4.64. The van der Waals surface area contributed by atoms with Crippen LogP contribution in [-0.2, 0) is 12.6 Å². The average molecular weight is 329 g/mol. The second kappa shape index (κ2) is 7.42. The Labute approximate surface area is 133 Å². The van der Waals surface area contributed by atoms with Gasteiger partial charge in [0.15, 0.2) is 0 Å². The molecule has 0 aliphatic carbocycles. The molecule has 2 nitrogen and oxygen atoms in total. The maximum absolute atomic E-state index is 12.6. The summed E-state index contributed by atoms with van der Waals surface area (Å²) >= 11 is 0. The monoisotopic (exact) mass is 328 g/mol. The van der Waals surface area contributed by atoms with Crippen molar-refractivity contribution >= 4 is 12.4 Å². The molecule has 0 aliphatic rings. The van der Waals surface area contributed by atoms with Gasteiger partial charge in [0.2, 0.25) is 0 Å². The van der Waals surface area contributed by atoms with Crippen molar-refractivity contribution in [2.24, 2.45) is 5.73 Å². The van der Waals surface area contributed by atoms with E-state index in [4.69, 9.17) is 5.73 Å². The minimum absolute atomic E-state index is 0. The van der Waals surface area contributed by atoms with Crippen LogP contribution in [0.1, 0.15) is 28.4 Å². The fraction of sp³-hybridized carbons (Fsp3) is 0.188. The first-order valence-corrected chi connectivity index (χ1v) is 6.41. The van der Waals surface area contributed by atoms with Crippen molar-refractivity contribution in [2.75, 3.05) is 0 Å². The van der Waals surface area contributed by atoms with Gasteiger partial charge in [0.25, 0.3) is 0 Å². The lowest BCUT2D eigenvalue weighted by atomic mass is 9.98. The molecule has 0 amide bonds. The smallest absolute Gasteiger partial charge is 0.319 e. The molecule has 118 valence electrons. The van der Waals surface area contributed by atoms with Gasteiger partial charge in [-0.2, -0.15) is 13.2 Å². The first kappa shape index (κ1) is 18.2. The molecule has 0 fully saturated rings. The van der Waals surface area contributed by atoms with Crippen molar-refractivity contribution in [1.29, 1.82) is 0 Å². The summed E-state index contributed by atoms with van der Waals surface area (Å²) in [5.74, 6) is 0. The topological polar surface area (TPSA) is 38.9 Å². The molecule has 1 atom stereocenters. The molecule has 0 spiro atoms. The number of hydrogen-bond acceptors (Lipinski definition) is 2. The van der Waals surface area contributed by atoms with Gasteiger partial charge >= 0.3 is 6.18 Å². The number of hydrogen-bond donors (Lipinski definition) is 1. The predicted octanol–water partition coefficient (Wildman–Crippen LogP) is 4.30. The van der Waals surface area contributed by atoms with Crippen LogP contribution in [0.2, 0.25) is 0 Å². The van der Waals surface area contributed by atoms with Crippen LogP contribution < -0.4 is 5.73 Å². The molecule has 2 rings (SSSR count). The molecular weight excluding hydrogens is 313 g/mol. The largest absolute Gasteiger partial charge is 0.416 e. The van der Waals surface area contributed by atoms with Crippen LogP contribution in [0.15, 0.2) is 55.3 Å². The van der Waals surface area contributed by atoms with E-state index >= 15 is 0 Å². The summed E-state index contributed by atoms with van der Waals surface area (Å²) in [7, 11) is 0. The van der Waals surface area contributed by atoms with Crippen molar-refractivity contribution in [3.8, 4) is 0 Å². The number of pyridine rings is 1. The van der Waals surface area contributed by atoms with Gasteiger partial charge in [0.1, 0.15) is 0 Å². The number of aromatic nitrogens is 1. The predicted molar refractivity (Wildman–Crippen MR) is 82.9 cm³/mol. The Kier molecular flexibility index (Phi) is 6.14. The van der Waals surface area contributed by atoms with E-state index < -0.39 is 17.8 Å². The van der Waals surface area contributed by atoms with Gasteiger partial charge < -0.3 is 5.73 Å². The summed E-state index contributed by atoms with van der Waals surface area (Å²) in [6.07, 6.45) is -0.384. The minimum atomic E-state index is -4.35. The summed E-state index contributed by atoms with van der Waals surface area (Å²) in [6, 6.07) is 7.95. The van der Waals surface area contributed by atoms with Gasteiger partial charge in [-0.3, -0.25) is 4.98 Å². The number of rotatable bonds is 4. The van der Waals surface area contributed by atoms with Crippen molar-refractivity contribution in [1.82, 2.24) is 4.98 Å². The van der Waals surface area contributed by atoms with E-state index in [0.717, 1.165) is 17.7 Å². The van der Waals surface area contributed by atoms with Crippen LogP contribution in [0, 0.1) is 0 Å². The highest BCUT2D eigenvalue weighted by Crippen LogP contribution is 2.30. The van der Waals surface area contributed by atoms with Gasteiger partial charge in [-0.15, -0.1) is 19.0 Å². The molecular formula is C16H16ClF3N2. The molecule has 0 aliphatic heterocycles. The van der Waals surface area contributed by atoms with Crippen molar-refractivity contribution in [2.45, 2.75) is 18.6 Å². The average Bonchev–Trinajstić information content (AvgIpc) is 2.47. The standard InChI is InChI=1S/C16H15F3N2.ClH/c1-2-4-12-5-3-10-21-15(12)14(20)11-6-8-13(9-7-11)16(17,18)19;/h2-3,5-10,14H,1,4,20H2;1H. The molecule has 0 radical (unpaired) electrons. The van der Waals surface area contributed by atoms with E-state index in [-0.39, 0.29) is 12.4 Å². The van der Waals surface area contributed by atoms with Crippen molar-refractivity contribution < 1.29 is 13.2 Å². The number of benzene rings is 1. The zero-order chi connectivity index (χ0) is 15.5. The van der Waals surface area contributed by atoms with E-state index in [9.17, 15) is 13.2 Å². The van der Waals surface area contributed by atoms with E-state index in [1.165, 1.54) is 12.1 Å². The SMILES string of the molecule is C=CCc1cccnc1C(N)c1ccc(C(F)(F)F)cc1.Cl. The van der Waals surface area contributed by atoms with Gasteiger partial charge in [0, 0.05) is 6.20 Å². The third-order valence-corrected chi connectivity index (χ3v) is 3.18. The fourth-order valence-corrected chi connectivity index (χ4v) is 2.10. The highest BCUT2D eigenvalue weighted by molar-refractivity contribution is 5.85. The Morgan fingerprint density at radius 2 is 1.82 bits per heavy atom. The molecule has 2 aromatic rings. The van der Waals surface area contributed by atoms with Crippen LogP contribution >= 0.6 is 12.4 Å². The molecule has 22 heavy (non-hydrogen) atoms. The van der Waals surface area contributed by atoms with Gasteiger partial charge in [-0.25, -0.2) is 0 Å². The third-order valence-electron chi connectivity index (χ3n) is 3.18. The van der Waals surface area contributed by atoms with Gasteiger partial charge in [-0.1, -0.05) is 24.3 Å². The maximum atomic E-state index is 12.6. The number of halogens is 4. The summed E-state index contributed by atoms with van der Waals surface area (Å²) in [6.45, 7) is 3.67. The molecule has 1 heterocycles. The van der Waals surface area contributed by atoms with Crippen LogP contribution in [0.4, 0.5) is 13.2 Å². The molecule has 1 aromatic heterocycles. The lowest BCUT2D eigenvalue weighted by Gasteiger charge is -2.16. The minimum Gasteiger partial charge on any atom is -0.319 e. The number of nitrogens with two attached hydrogens (primary N) is 1. The molecule has 1 aromatic carbocycles. The van der Waals surface area contributed by atoms with Crippen LogP contribution in [0.25, 0.3) is 0 Å². The molecule has 6 heteroatoms. The summed E-state index contributed by atoms with van der Waals surface area (Å²) in [5.41, 5.74) is 7.60. The summed E-state index contributed by atoms with van der Waals surface area (Å²) in [4.78, 5) is 4.25. The van der Waals surface area contributed by atoms with Gasteiger partial charge in [0.05, 0.1) is 17.3 Å². The zero-order valence-electron chi connectivity index (χ0n) is 11.7. The molecule has 0 saturated heterocycles. The highest BCUT2D eigenvalue weighted by atomic mass is 35.5. The Hall–Kier alpha value is -1.85. The Bertz CT molecular complexity index is 624. The van der Waals surface area contributed by atoms with E-state index in [0.29, 0.717) is 17.7 Å². The number of allylic oxidation sites excluding steroid dienone is 1. The fourth-order valence-electron chi connectivity index (χ4n) is 2.10. The van der Waals surface area contributed by atoms with E-state index in [2.05, 4.69) is 11.6 Å². The van der Waals surface area contributed by atoms with Gasteiger partial charge in [-0.05, 0) is 35.7 Å². The van der Waals surface area contributed by atoms with E-state index in [1.807, 2.05) is 6.07 Å². The van der Waals surface area contributed by atoms with Crippen LogP contribution in [0.3, 0.4) is 0 Å². The lowest BCUT2D eigenvalue weighted by molar-refractivity contribution is -0.137. The maximum Gasteiger partial charge on any atom is 0.416 e. The van der Waals surface area contributed by atoms with Crippen LogP contribution in [-0.4, -0.2) is 4.98 Å². The third kappa shape index (κ3) is 4.08. The molecule has 2 N–H and O–H groups in total. The second-order valence-electron chi connectivity index (χ2n) is 4.64. The van der Waals surface area contributed by atoms with Crippen molar-refractivity contribution in [3.63, 3.8) is 0 Å². The normalized spacial score (nSPS) is 12.4. The first-order chi connectivity index (χ1) is 9.93. The summed E-state index contributed by atoms with van der Waals surface area (Å²) in [5, 5.41) is 0. The molecule has 0 saturated carbocycles.